The van der Waals surface area contributed by atoms with Crippen LogP contribution < -0.4 is 0 Å². The molecule has 0 saturated heterocycles. The molecule has 0 aliphatic rings. The second-order valence-electron chi connectivity index (χ2n) is 3.64. The van der Waals surface area contributed by atoms with Gasteiger partial charge in [0.2, 0.25) is 0 Å². The highest BCUT2D eigenvalue weighted by Crippen LogP contribution is 2.24. The lowest BCUT2D eigenvalue weighted by Crippen LogP contribution is -1.94. The normalized spacial score (nSPS) is 10.3. The highest BCUT2D eigenvalue weighted by molar-refractivity contribution is 9.10. The molecule has 0 atom stereocenters. The maximum atomic E-state index is 4.10. The molecule has 6 heteroatoms. The van der Waals surface area contributed by atoms with Crippen LogP contribution in [0.3, 0.4) is 0 Å². The number of pyridine rings is 1. The Morgan fingerprint density at radius 2 is 2.28 bits per heavy atom. The second kappa shape index (κ2) is 4.63. The zero-order valence-corrected chi connectivity index (χ0v) is 10.8. The third kappa shape index (κ3) is 2.00. The Labute approximate surface area is 111 Å². The molecule has 3 aromatic rings. The quantitative estimate of drug-likeness (QED) is 0.699. The summed E-state index contributed by atoms with van der Waals surface area (Å²) < 4.78 is 2.62. The molecule has 0 bridgehead atoms. The van der Waals surface area contributed by atoms with E-state index in [1.807, 2.05) is 6.20 Å². The Bertz CT molecular complexity index is 733. The lowest BCUT2D eigenvalue weighted by atomic mass is 10.2. The number of aromatic nitrogens is 5. The Kier molecular flexibility index (Phi) is 2.82. The third-order valence-electron chi connectivity index (χ3n) is 2.47. The van der Waals surface area contributed by atoms with Crippen molar-refractivity contribution in [1.82, 2.24) is 24.7 Å². The van der Waals surface area contributed by atoms with Crippen LogP contribution in [0.1, 0.15) is 5.56 Å². The molecule has 5 nitrogen and oxygen atoms in total. The molecule has 0 radical (unpaired) electrons. The largest absolute Gasteiger partial charge is 0.359 e. The molecule has 0 saturated carbocycles. The molecular weight excluding hydrogens is 294 g/mol. The molecule has 1 N–H and O–H groups in total. The Morgan fingerprint density at radius 3 is 3.11 bits per heavy atom. The number of nitrogens with zero attached hydrogens (tertiary/aromatic N) is 4. The van der Waals surface area contributed by atoms with Crippen LogP contribution in [0, 0.1) is 11.8 Å². The summed E-state index contributed by atoms with van der Waals surface area (Å²) in [6.45, 7) is 0.523. The van der Waals surface area contributed by atoms with Crippen molar-refractivity contribution in [2.24, 2.45) is 0 Å². The summed E-state index contributed by atoms with van der Waals surface area (Å²) in [6.07, 6.45) is 8.56. The molecule has 0 aliphatic carbocycles. The maximum absolute atomic E-state index is 4.10. The van der Waals surface area contributed by atoms with Crippen LogP contribution in [-0.2, 0) is 6.54 Å². The lowest BCUT2D eigenvalue weighted by Gasteiger charge is -1.93. The molecule has 3 aromatic heterocycles. The van der Waals surface area contributed by atoms with Crippen molar-refractivity contribution in [3.8, 4) is 11.8 Å². The summed E-state index contributed by atoms with van der Waals surface area (Å²) >= 11 is 3.48. The molecule has 3 heterocycles. The van der Waals surface area contributed by atoms with Gasteiger partial charge in [-0.25, -0.2) is 9.67 Å². The molecule has 0 aromatic carbocycles. The Hall–Kier alpha value is -2.13. The SMILES string of the molecule is Brc1cncc2[nH]cc(C#CCn3cncn3)c12. The summed E-state index contributed by atoms with van der Waals surface area (Å²) in [5, 5.41) is 5.04. The third-order valence-corrected chi connectivity index (χ3v) is 3.07. The van der Waals surface area contributed by atoms with Gasteiger partial charge < -0.3 is 4.98 Å². The van der Waals surface area contributed by atoms with E-state index in [4.69, 9.17) is 0 Å². The molecule has 0 fully saturated rings. The van der Waals surface area contributed by atoms with E-state index < -0.39 is 0 Å². The first-order valence-corrected chi connectivity index (χ1v) is 6.06. The van der Waals surface area contributed by atoms with Crippen molar-refractivity contribution in [1.29, 1.82) is 0 Å². The number of hydrogen-bond donors (Lipinski definition) is 1. The van der Waals surface area contributed by atoms with E-state index in [0.717, 1.165) is 20.9 Å². The average Bonchev–Trinajstić information content (AvgIpc) is 3.00. The minimum Gasteiger partial charge on any atom is -0.359 e. The van der Waals surface area contributed by atoms with Gasteiger partial charge in [0.1, 0.15) is 19.2 Å². The first-order valence-electron chi connectivity index (χ1n) is 5.26. The van der Waals surface area contributed by atoms with Crippen molar-refractivity contribution >= 4 is 26.8 Å². The zero-order valence-electron chi connectivity index (χ0n) is 9.26. The van der Waals surface area contributed by atoms with Crippen LogP contribution in [0.25, 0.3) is 10.9 Å². The van der Waals surface area contributed by atoms with Gasteiger partial charge in [-0.05, 0) is 15.9 Å². The van der Waals surface area contributed by atoms with E-state index in [-0.39, 0.29) is 0 Å². The Balaban J connectivity index is 1.94. The highest BCUT2D eigenvalue weighted by atomic mass is 79.9. The van der Waals surface area contributed by atoms with E-state index in [9.17, 15) is 0 Å². The molecule has 88 valence electrons. The molecule has 0 spiro atoms. The fraction of sp³-hybridized carbons (Fsp3) is 0.0833. The van der Waals surface area contributed by atoms with Crippen molar-refractivity contribution in [2.75, 3.05) is 0 Å². The second-order valence-corrected chi connectivity index (χ2v) is 4.50. The van der Waals surface area contributed by atoms with E-state index >= 15 is 0 Å². The minimum absolute atomic E-state index is 0.523. The number of H-pyrrole nitrogens is 1. The number of hydrogen-bond acceptors (Lipinski definition) is 3. The van der Waals surface area contributed by atoms with Gasteiger partial charge in [0.05, 0.1) is 17.3 Å². The Morgan fingerprint density at radius 1 is 1.33 bits per heavy atom. The van der Waals surface area contributed by atoms with Crippen molar-refractivity contribution in [2.45, 2.75) is 6.54 Å². The predicted octanol–water partition coefficient (Wildman–Crippen LogP) is 1.97. The molecule has 0 aliphatic heterocycles. The van der Waals surface area contributed by atoms with Gasteiger partial charge >= 0.3 is 0 Å². The molecular formula is C12H8BrN5. The van der Waals surface area contributed by atoms with Crippen molar-refractivity contribution in [3.63, 3.8) is 0 Å². The van der Waals surface area contributed by atoms with Gasteiger partial charge in [-0.2, -0.15) is 5.10 Å². The minimum atomic E-state index is 0.523. The fourth-order valence-electron chi connectivity index (χ4n) is 1.67. The number of rotatable bonds is 1. The zero-order chi connectivity index (χ0) is 12.4. The summed E-state index contributed by atoms with van der Waals surface area (Å²) in [5.41, 5.74) is 1.91. The smallest absolute Gasteiger partial charge is 0.137 e. The summed E-state index contributed by atoms with van der Waals surface area (Å²) in [6, 6.07) is 0. The van der Waals surface area contributed by atoms with Gasteiger partial charge in [0, 0.05) is 22.3 Å². The van der Waals surface area contributed by atoms with Gasteiger partial charge in [-0.15, -0.1) is 0 Å². The van der Waals surface area contributed by atoms with Gasteiger partial charge in [-0.1, -0.05) is 11.8 Å². The van der Waals surface area contributed by atoms with Crippen LogP contribution in [0.5, 0.6) is 0 Å². The molecule has 18 heavy (non-hydrogen) atoms. The van der Waals surface area contributed by atoms with Crippen LogP contribution in [-0.4, -0.2) is 24.7 Å². The van der Waals surface area contributed by atoms with Crippen molar-refractivity contribution < 1.29 is 0 Å². The van der Waals surface area contributed by atoms with Gasteiger partial charge in [-0.3, -0.25) is 4.98 Å². The van der Waals surface area contributed by atoms with E-state index in [1.165, 1.54) is 6.33 Å². The van der Waals surface area contributed by atoms with Crippen LogP contribution >= 0.6 is 15.9 Å². The monoisotopic (exact) mass is 301 g/mol. The summed E-state index contributed by atoms with van der Waals surface area (Å²) in [5.74, 6) is 6.18. The number of nitrogens with one attached hydrogen (secondary N) is 1. The van der Waals surface area contributed by atoms with E-state index in [2.05, 4.69) is 47.8 Å². The predicted molar refractivity (Wildman–Crippen MR) is 70.7 cm³/mol. The first-order chi connectivity index (χ1) is 8.84. The van der Waals surface area contributed by atoms with Gasteiger partial charge in [0.25, 0.3) is 0 Å². The summed E-state index contributed by atoms with van der Waals surface area (Å²) in [4.78, 5) is 11.1. The number of fused-ring (bicyclic) bond motifs is 1. The maximum Gasteiger partial charge on any atom is 0.137 e. The van der Waals surface area contributed by atoms with E-state index in [0.29, 0.717) is 6.54 Å². The molecule has 0 amide bonds. The summed E-state index contributed by atoms with van der Waals surface area (Å²) in [7, 11) is 0. The van der Waals surface area contributed by atoms with Crippen molar-refractivity contribution in [3.05, 3.63) is 41.3 Å². The van der Waals surface area contributed by atoms with Crippen LogP contribution in [0.4, 0.5) is 0 Å². The van der Waals surface area contributed by atoms with E-state index in [1.54, 1.807) is 23.4 Å². The van der Waals surface area contributed by atoms with Crippen LogP contribution in [0.15, 0.2) is 35.7 Å². The first kappa shape index (κ1) is 11.0. The fourth-order valence-corrected chi connectivity index (χ4v) is 2.21. The van der Waals surface area contributed by atoms with Gasteiger partial charge in [0.15, 0.2) is 0 Å². The average molecular weight is 302 g/mol. The lowest BCUT2D eigenvalue weighted by molar-refractivity contribution is 0.713. The molecule has 0 unspecified atom stereocenters. The standard InChI is InChI=1S/C12H8BrN5/c13-10-5-14-6-11-12(10)9(4-16-11)2-1-3-18-8-15-7-17-18/h4-8,16H,3H2. The highest BCUT2D eigenvalue weighted by Gasteiger charge is 2.04. The van der Waals surface area contributed by atoms with Crippen LogP contribution in [0.2, 0.25) is 0 Å². The molecule has 3 rings (SSSR count). The number of aromatic amines is 1. The number of halogens is 1. The topological polar surface area (TPSA) is 59.4 Å².